The standard InChI is InChI=1S/C46H56N8O7/c1-25(2)39(51-45(57)59-3)43(55)53-15-5-7-35(53)41-47-23-33(49-41)31-19-27-9-11-29-21-32(22-30-12-10-28(20-31)37(27)38(29)30)34-24-48-42(50-34)36-8-6-16-54(36)44(56)40(52-46(58)60-4)26-13-17-61-18-14-26/h19-26,35-36,39-40H,5-18H2,1-4H3,(H,47,49)(H,48,50)(H,51,57)(H,52,58). The molecule has 4 unspecified atom stereocenters. The third-order valence-electron chi connectivity index (χ3n) is 13.6. The number of H-pyrrole nitrogens is 2. The first-order valence-corrected chi connectivity index (χ1v) is 21.9. The van der Waals surface area contributed by atoms with Crippen molar-refractivity contribution in [1.82, 2.24) is 40.4 Å². The molecule has 3 fully saturated rings. The lowest BCUT2D eigenvalue weighted by molar-refractivity contribution is -0.137. The van der Waals surface area contributed by atoms with Crippen molar-refractivity contribution in [3.05, 3.63) is 70.6 Å². The molecule has 4 amide bonds. The molecule has 0 spiro atoms. The normalized spacial score (nSPS) is 20.6. The molecule has 2 aromatic heterocycles. The maximum Gasteiger partial charge on any atom is 0.407 e. The number of likely N-dealkylation sites (tertiary alicyclic amines) is 2. The van der Waals surface area contributed by atoms with E-state index in [4.69, 9.17) is 24.2 Å². The van der Waals surface area contributed by atoms with Crippen molar-refractivity contribution in [3.63, 3.8) is 0 Å². The number of methoxy groups -OCH3 is 2. The van der Waals surface area contributed by atoms with Gasteiger partial charge in [-0.25, -0.2) is 19.6 Å². The number of ether oxygens (including phenoxy) is 3. The second-order valence-electron chi connectivity index (χ2n) is 17.5. The predicted molar refractivity (Wildman–Crippen MR) is 226 cm³/mol. The summed E-state index contributed by atoms with van der Waals surface area (Å²) in [7, 11) is 2.62. The first kappa shape index (κ1) is 40.7. The molecule has 3 aliphatic heterocycles. The summed E-state index contributed by atoms with van der Waals surface area (Å²) in [5.74, 6) is 1.18. The molecule has 5 heterocycles. The zero-order valence-electron chi connectivity index (χ0n) is 35.5. The van der Waals surface area contributed by atoms with Crippen LogP contribution in [0, 0.1) is 11.8 Å². The molecule has 4 atom stereocenters. The Morgan fingerprint density at radius 3 is 1.61 bits per heavy atom. The van der Waals surface area contributed by atoms with Crippen molar-refractivity contribution in [3.8, 4) is 33.6 Å². The second-order valence-corrected chi connectivity index (χ2v) is 17.5. The molecule has 0 bridgehead atoms. The topological polar surface area (TPSA) is 184 Å². The minimum Gasteiger partial charge on any atom is -0.453 e. The van der Waals surface area contributed by atoms with Crippen LogP contribution in [0.25, 0.3) is 33.6 Å². The Labute approximate surface area is 355 Å². The Morgan fingerprint density at radius 1 is 0.689 bits per heavy atom. The molecule has 322 valence electrons. The highest BCUT2D eigenvalue weighted by molar-refractivity contribution is 5.88. The molecule has 4 N–H and O–H groups in total. The molecule has 0 radical (unpaired) electrons. The van der Waals surface area contributed by atoms with E-state index in [9.17, 15) is 19.2 Å². The van der Waals surface area contributed by atoms with Gasteiger partial charge in [0, 0.05) is 37.4 Å². The third-order valence-corrected chi connectivity index (χ3v) is 13.6. The molecule has 2 aromatic carbocycles. The number of aromatic amines is 2. The molecule has 61 heavy (non-hydrogen) atoms. The van der Waals surface area contributed by atoms with Crippen molar-refractivity contribution < 1.29 is 33.4 Å². The molecule has 5 aliphatic rings. The number of benzene rings is 2. The Bertz CT molecular complexity index is 2280. The summed E-state index contributed by atoms with van der Waals surface area (Å²) in [5.41, 5.74) is 12.1. The maximum absolute atomic E-state index is 14.1. The lowest BCUT2D eigenvalue weighted by Gasteiger charge is -2.34. The monoisotopic (exact) mass is 832 g/mol. The number of alkyl carbamates (subject to hydrolysis) is 2. The molecule has 4 aromatic rings. The maximum atomic E-state index is 14.1. The Kier molecular flexibility index (Phi) is 11.3. The number of imidazole rings is 2. The lowest BCUT2D eigenvalue weighted by Crippen LogP contribution is -2.53. The summed E-state index contributed by atoms with van der Waals surface area (Å²) in [6.07, 6.45) is 11.0. The highest BCUT2D eigenvalue weighted by Crippen LogP contribution is 2.46. The van der Waals surface area contributed by atoms with Crippen LogP contribution >= 0.6 is 0 Å². The molecule has 2 aliphatic carbocycles. The second kappa shape index (κ2) is 17.0. The van der Waals surface area contributed by atoms with Crippen molar-refractivity contribution in [2.75, 3.05) is 40.5 Å². The van der Waals surface area contributed by atoms with Gasteiger partial charge in [0.05, 0.1) is 50.1 Å². The van der Waals surface area contributed by atoms with E-state index < -0.39 is 24.3 Å². The van der Waals surface area contributed by atoms with Crippen LogP contribution in [0.15, 0.2) is 36.7 Å². The quantitative estimate of drug-likeness (QED) is 0.145. The zero-order valence-corrected chi connectivity index (χ0v) is 35.5. The largest absolute Gasteiger partial charge is 0.453 e. The fourth-order valence-electron chi connectivity index (χ4n) is 10.4. The van der Waals surface area contributed by atoms with E-state index in [0.717, 1.165) is 85.5 Å². The van der Waals surface area contributed by atoms with E-state index in [1.807, 2.05) is 36.0 Å². The first-order chi connectivity index (χ1) is 29.6. The van der Waals surface area contributed by atoms with Gasteiger partial charge < -0.3 is 44.6 Å². The van der Waals surface area contributed by atoms with E-state index in [1.54, 1.807) is 0 Å². The smallest absolute Gasteiger partial charge is 0.407 e. The van der Waals surface area contributed by atoms with Crippen LogP contribution in [0.2, 0.25) is 0 Å². The Balaban J connectivity index is 0.933. The van der Waals surface area contributed by atoms with Crippen LogP contribution in [0.3, 0.4) is 0 Å². The number of aromatic nitrogens is 4. The number of nitrogens with zero attached hydrogens (tertiary/aromatic N) is 4. The molecule has 3 saturated heterocycles. The number of amides is 4. The van der Waals surface area contributed by atoms with Gasteiger partial charge in [0.15, 0.2) is 0 Å². The van der Waals surface area contributed by atoms with E-state index >= 15 is 0 Å². The van der Waals surface area contributed by atoms with E-state index in [-0.39, 0.29) is 35.7 Å². The molecule has 9 rings (SSSR count). The summed E-state index contributed by atoms with van der Waals surface area (Å²) in [5, 5.41) is 5.57. The third kappa shape index (κ3) is 7.77. The van der Waals surface area contributed by atoms with Crippen LogP contribution < -0.4 is 10.6 Å². The summed E-state index contributed by atoms with van der Waals surface area (Å²) >= 11 is 0. The van der Waals surface area contributed by atoms with Crippen LogP contribution in [-0.2, 0) is 49.5 Å². The number of carbonyl (C=O) groups is 4. The Morgan fingerprint density at radius 2 is 1.15 bits per heavy atom. The molecule has 0 saturated carbocycles. The predicted octanol–water partition coefficient (Wildman–Crippen LogP) is 6.19. The number of carbonyl (C=O) groups excluding carboxylic acids is 4. The number of nitrogens with one attached hydrogen (secondary N) is 4. The zero-order chi connectivity index (χ0) is 42.4. The van der Waals surface area contributed by atoms with Gasteiger partial charge in [-0.05, 0) is 134 Å². The van der Waals surface area contributed by atoms with Gasteiger partial charge in [-0.1, -0.05) is 13.8 Å². The SMILES string of the molecule is COC(=O)NC(C(=O)N1CCCC1c1ncc(-c2cc3c4c(c2)CCc2cc(-c5cnc(C6CCCN6C(=O)C(NC(=O)OC)C6CCOCC6)[nH]5)cc(c2-4)CC3)[nH]1)C(C)C. The lowest BCUT2D eigenvalue weighted by atomic mass is 9.74. The number of hydrogen-bond acceptors (Lipinski definition) is 9. The molecule has 15 heteroatoms. The van der Waals surface area contributed by atoms with Crippen LogP contribution in [0.5, 0.6) is 0 Å². The summed E-state index contributed by atoms with van der Waals surface area (Å²) in [6, 6.07) is 7.45. The van der Waals surface area contributed by atoms with Gasteiger partial charge in [0.1, 0.15) is 23.7 Å². The fourth-order valence-corrected chi connectivity index (χ4v) is 10.4. The van der Waals surface area contributed by atoms with Crippen molar-refractivity contribution >= 4 is 24.0 Å². The van der Waals surface area contributed by atoms with Gasteiger partial charge in [0.2, 0.25) is 11.8 Å². The molecular weight excluding hydrogens is 777 g/mol. The van der Waals surface area contributed by atoms with Gasteiger partial charge in [-0.15, -0.1) is 0 Å². The van der Waals surface area contributed by atoms with Gasteiger partial charge >= 0.3 is 12.2 Å². The summed E-state index contributed by atoms with van der Waals surface area (Å²) in [6.45, 7) is 6.18. The van der Waals surface area contributed by atoms with Crippen LogP contribution in [-0.4, -0.2) is 106 Å². The number of hydrogen-bond donors (Lipinski definition) is 4. The average Bonchev–Trinajstić information content (AvgIpc) is 4.13. The minimum atomic E-state index is -0.683. The van der Waals surface area contributed by atoms with Gasteiger partial charge in [0.25, 0.3) is 0 Å². The average molecular weight is 833 g/mol. The van der Waals surface area contributed by atoms with Gasteiger partial charge in [-0.3, -0.25) is 9.59 Å². The van der Waals surface area contributed by atoms with Crippen molar-refractivity contribution in [2.24, 2.45) is 11.8 Å². The van der Waals surface area contributed by atoms with Crippen molar-refractivity contribution in [2.45, 2.75) is 102 Å². The van der Waals surface area contributed by atoms with E-state index in [0.29, 0.717) is 39.1 Å². The fraction of sp³-hybridized carbons (Fsp3) is 0.522. The molecule has 15 nitrogen and oxygen atoms in total. The van der Waals surface area contributed by atoms with Crippen LogP contribution in [0.1, 0.15) is 98.4 Å². The number of rotatable bonds is 10. The minimum absolute atomic E-state index is 0.0220. The highest BCUT2D eigenvalue weighted by Gasteiger charge is 2.41. The Hall–Kier alpha value is -5.70. The van der Waals surface area contributed by atoms with E-state index in [1.165, 1.54) is 47.6 Å². The van der Waals surface area contributed by atoms with E-state index in [2.05, 4.69) is 44.9 Å². The highest BCUT2D eigenvalue weighted by atomic mass is 16.5. The number of aryl methyl sites for hydroxylation is 4. The van der Waals surface area contributed by atoms with Crippen LogP contribution in [0.4, 0.5) is 9.59 Å². The van der Waals surface area contributed by atoms with Gasteiger partial charge in [-0.2, -0.15) is 0 Å². The summed E-state index contributed by atoms with van der Waals surface area (Å²) in [4.78, 5) is 72.8. The van der Waals surface area contributed by atoms with Crippen molar-refractivity contribution in [1.29, 1.82) is 0 Å². The summed E-state index contributed by atoms with van der Waals surface area (Å²) < 4.78 is 15.3. The molecular formula is C46H56N8O7. The first-order valence-electron chi connectivity index (χ1n) is 21.9.